The van der Waals surface area contributed by atoms with Crippen LogP contribution in [-0.2, 0) is 4.79 Å². The minimum atomic E-state index is 0.181. The molecule has 2 N–H and O–H groups in total. The maximum absolute atomic E-state index is 11.8. The average molecular weight is 234 g/mol. The van der Waals surface area contributed by atoms with Gasteiger partial charge in [0, 0.05) is 24.2 Å². The van der Waals surface area contributed by atoms with E-state index in [1.54, 1.807) is 11.9 Å². The Kier molecular flexibility index (Phi) is 2.92. The highest BCUT2D eigenvalue weighted by Crippen LogP contribution is 2.32. The van der Waals surface area contributed by atoms with E-state index >= 15 is 0 Å². The Hall–Kier alpha value is -1.42. The van der Waals surface area contributed by atoms with E-state index in [0.717, 1.165) is 24.1 Å². The minimum Gasteiger partial charge on any atom is -0.389 e. The molecule has 0 atom stereocenters. The molecular weight excluding hydrogens is 220 g/mol. The number of carbonyl (C=O) groups excluding carboxylic acids is 1. The molecule has 0 saturated heterocycles. The van der Waals surface area contributed by atoms with Gasteiger partial charge in [-0.15, -0.1) is 0 Å². The van der Waals surface area contributed by atoms with Crippen molar-refractivity contribution < 1.29 is 4.79 Å². The van der Waals surface area contributed by atoms with Crippen molar-refractivity contribution in [2.24, 2.45) is 11.7 Å². The highest BCUT2D eigenvalue weighted by Gasteiger charge is 2.32. The van der Waals surface area contributed by atoms with Gasteiger partial charge in [-0.1, -0.05) is 24.4 Å². The van der Waals surface area contributed by atoms with Crippen molar-refractivity contribution in [3.8, 4) is 0 Å². The summed E-state index contributed by atoms with van der Waals surface area (Å²) in [5.41, 5.74) is 7.20. The van der Waals surface area contributed by atoms with E-state index in [1.807, 2.05) is 24.3 Å². The Labute approximate surface area is 100 Å². The lowest BCUT2D eigenvalue weighted by molar-refractivity contribution is -0.119. The molecule has 0 radical (unpaired) electrons. The van der Waals surface area contributed by atoms with Gasteiger partial charge in [0.15, 0.2) is 0 Å². The third kappa shape index (κ3) is 2.22. The predicted molar refractivity (Wildman–Crippen MR) is 68.5 cm³/mol. The van der Waals surface area contributed by atoms with Crippen molar-refractivity contribution in [2.75, 3.05) is 11.9 Å². The molecule has 2 rings (SSSR count). The number of hydrogen-bond acceptors (Lipinski definition) is 2. The number of nitrogens with zero attached hydrogens (tertiary/aromatic N) is 1. The van der Waals surface area contributed by atoms with Gasteiger partial charge in [0.2, 0.25) is 5.91 Å². The standard InChI is InChI=1S/C12H14N2OS/c1-14(12(15)8-5-6-8)10-4-2-3-9(7-10)11(13)16/h2-4,7-8H,5-6H2,1H3,(H2,13,16). The SMILES string of the molecule is CN(C(=O)C1CC1)c1cccc(C(N)=S)c1. The van der Waals surface area contributed by atoms with Crippen molar-refractivity contribution in [1.29, 1.82) is 0 Å². The van der Waals surface area contributed by atoms with Crippen LogP contribution < -0.4 is 10.6 Å². The zero-order chi connectivity index (χ0) is 11.7. The summed E-state index contributed by atoms with van der Waals surface area (Å²) >= 11 is 4.91. The van der Waals surface area contributed by atoms with Crippen molar-refractivity contribution in [3.63, 3.8) is 0 Å². The van der Waals surface area contributed by atoms with E-state index in [0.29, 0.717) is 4.99 Å². The third-order valence-electron chi connectivity index (χ3n) is 2.78. The lowest BCUT2D eigenvalue weighted by Gasteiger charge is -2.17. The third-order valence-corrected chi connectivity index (χ3v) is 3.01. The number of thiocarbonyl (C=S) groups is 1. The van der Waals surface area contributed by atoms with Crippen LogP contribution in [0, 0.1) is 5.92 Å². The Bertz CT molecular complexity index is 440. The average Bonchev–Trinajstić information content (AvgIpc) is 3.11. The molecular formula is C12H14N2OS. The number of nitrogens with two attached hydrogens (primary N) is 1. The Morgan fingerprint density at radius 1 is 1.50 bits per heavy atom. The van der Waals surface area contributed by atoms with Crippen LogP contribution in [0.1, 0.15) is 18.4 Å². The zero-order valence-corrected chi connectivity index (χ0v) is 9.96. The molecule has 3 nitrogen and oxygen atoms in total. The van der Waals surface area contributed by atoms with Crippen LogP contribution >= 0.6 is 12.2 Å². The fourth-order valence-corrected chi connectivity index (χ4v) is 1.73. The van der Waals surface area contributed by atoms with Crippen molar-refractivity contribution >= 4 is 28.8 Å². The Morgan fingerprint density at radius 3 is 2.75 bits per heavy atom. The first-order valence-electron chi connectivity index (χ1n) is 5.27. The maximum Gasteiger partial charge on any atom is 0.229 e. The van der Waals surface area contributed by atoms with Crippen LogP contribution in [0.2, 0.25) is 0 Å². The summed E-state index contributed by atoms with van der Waals surface area (Å²) < 4.78 is 0. The second kappa shape index (κ2) is 4.22. The number of rotatable bonds is 3. The molecule has 1 saturated carbocycles. The van der Waals surface area contributed by atoms with Crippen molar-refractivity contribution in [2.45, 2.75) is 12.8 Å². The molecule has 1 aliphatic rings. The molecule has 0 heterocycles. The summed E-state index contributed by atoms with van der Waals surface area (Å²) in [6.07, 6.45) is 2.02. The van der Waals surface area contributed by atoms with Gasteiger partial charge in [-0.3, -0.25) is 4.79 Å². The monoisotopic (exact) mass is 234 g/mol. The summed E-state index contributed by atoms with van der Waals surface area (Å²) in [7, 11) is 1.79. The summed E-state index contributed by atoms with van der Waals surface area (Å²) in [6.45, 7) is 0. The molecule has 0 spiro atoms. The first kappa shape index (κ1) is 11.1. The number of amides is 1. The van der Waals surface area contributed by atoms with Gasteiger partial charge in [-0.25, -0.2) is 0 Å². The first-order chi connectivity index (χ1) is 7.59. The largest absolute Gasteiger partial charge is 0.389 e. The molecule has 1 amide bonds. The second-order valence-corrected chi connectivity index (χ2v) is 4.53. The van der Waals surface area contributed by atoms with Crippen LogP contribution in [0.15, 0.2) is 24.3 Å². The maximum atomic E-state index is 11.8. The number of hydrogen-bond donors (Lipinski definition) is 1. The first-order valence-corrected chi connectivity index (χ1v) is 5.68. The van der Waals surface area contributed by atoms with Crippen LogP contribution in [0.3, 0.4) is 0 Å². The smallest absolute Gasteiger partial charge is 0.229 e. The minimum absolute atomic E-state index is 0.181. The molecule has 0 aromatic heterocycles. The Balaban J connectivity index is 2.22. The molecule has 4 heteroatoms. The van der Waals surface area contributed by atoms with E-state index in [-0.39, 0.29) is 11.8 Å². The lowest BCUT2D eigenvalue weighted by atomic mass is 10.2. The van der Waals surface area contributed by atoms with E-state index in [9.17, 15) is 4.79 Å². The lowest BCUT2D eigenvalue weighted by Crippen LogP contribution is -2.27. The van der Waals surface area contributed by atoms with Gasteiger partial charge >= 0.3 is 0 Å². The van der Waals surface area contributed by atoms with E-state index in [4.69, 9.17) is 18.0 Å². The van der Waals surface area contributed by atoms with Gasteiger partial charge in [-0.2, -0.15) is 0 Å². The van der Waals surface area contributed by atoms with E-state index in [1.165, 1.54) is 0 Å². The summed E-state index contributed by atoms with van der Waals surface area (Å²) in [5.74, 6) is 0.401. The number of benzene rings is 1. The molecule has 0 aliphatic heterocycles. The molecule has 1 aromatic rings. The summed E-state index contributed by atoms with van der Waals surface area (Å²) in [5, 5.41) is 0. The molecule has 84 valence electrons. The predicted octanol–water partition coefficient (Wildman–Crippen LogP) is 1.69. The summed E-state index contributed by atoms with van der Waals surface area (Å²) in [6, 6.07) is 7.45. The van der Waals surface area contributed by atoms with Crippen LogP contribution in [-0.4, -0.2) is 17.9 Å². The highest BCUT2D eigenvalue weighted by molar-refractivity contribution is 7.80. The molecule has 0 unspecified atom stereocenters. The Morgan fingerprint density at radius 2 is 2.19 bits per heavy atom. The fourth-order valence-electron chi connectivity index (χ4n) is 1.60. The quantitative estimate of drug-likeness (QED) is 0.810. The second-order valence-electron chi connectivity index (χ2n) is 4.09. The normalized spacial score (nSPS) is 14.6. The molecule has 1 aliphatic carbocycles. The number of carbonyl (C=O) groups is 1. The molecule has 0 bridgehead atoms. The van der Waals surface area contributed by atoms with Gasteiger partial charge in [0.05, 0.1) is 0 Å². The molecule has 16 heavy (non-hydrogen) atoms. The van der Waals surface area contributed by atoms with Gasteiger partial charge in [-0.05, 0) is 25.0 Å². The zero-order valence-electron chi connectivity index (χ0n) is 9.14. The molecule has 1 fully saturated rings. The van der Waals surface area contributed by atoms with Crippen LogP contribution in [0.5, 0.6) is 0 Å². The van der Waals surface area contributed by atoms with E-state index in [2.05, 4.69) is 0 Å². The van der Waals surface area contributed by atoms with E-state index < -0.39 is 0 Å². The van der Waals surface area contributed by atoms with Crippen LogP contribution in [0.4, 0.5) is 5.69 Å². The topological polar surface area (TPSA) is 46.3 Å². The van der Waals surface area contributed by atoms with Crippen molar-refractivity contribution in [1.82, 2.24) is 0 Å². The summed E-state index contributed by atoms with van der Waals surface area (Å²) in [4.78, 5) is 13.9. The molecule has 1 aromatic carbocycles. The van der Waals surface area contributed by atoms with Crippen molar-refractivity contribution in [3.05, 3.63) is 29.8 Å². The highest BCUT2D eigenvalue weighted by atomic mass is 32.1. The van der Waals surface area contributed by atoms with Gasteiger partial charge in [0.25, 0.3) is 0 Å². The van der Waals surface area contributed by atoms with Gasteiger partial charge < -0.3 is 10.6 Å². The number of anilines is 1. The van der Waals surface area contributed by atoms with Crippen LogP contribution in [0.25, 0.3) is 0 Å². The van der Waals surface area contributed by atoms with Gasteiger partial charge in [0.1, 0.15) is 4.99 Å². The fraction of sp³-hybridized carbons (Fsp3) is 0.333.